The monoisotopic (exact) mass is 233 g/mol. The zero-order valence-corrected chi connectivity index (χ0v) is 10.4. The average Bonchev–Trinajstić information content (AvgIpc) is 2.75. The van der Waals surface area contributed by atoms with Crippen molar-refractivity contribution in [2.45, 2.75) is 38.6 Å². The molecule has 0 aliphatic heterocycles. The molecule has 0 fully saturated rings. The van der Waals surface area contributed by atoms with E-state index < -0.39 is 5.54 Å². The van der Waals surface area contributed by atoms with E-state index in [1.807, 2.05) is 18.2 Å². The van der Waals surface area contributed by atoms with E-state index in [4.69, 9.17) is 5.11 Å². The molecule has 1 aromatic rings. The van der Waals surface area contributed by atoms with Crippen LogP contribution in [0.15, 0.2) is 18.2 Å². The summed E-state index contributed by atoms with van der Waals surface area (Å²) in [7, 11) is 0. The zero-order chi connectivity index (χ0) is 12.5. The summed E-state index contributed by atoms with van der Waals surface area (Å²) in [6, 6.07) is 5.89. The topological polar surface area (TPSA) is 49.3 Å². The highest BCUT2D eigenvalue weighted by atomic mass is 16.3. The van der Waals surface area contributed by atoms with Gasteiger partial charge in [-0.05, 0) is 56.4 Å². The van der Waals surface area contributed by atoms with Gasteiger partial charge in [0.2, 0.25) is 0 Å². The van der Waals surface area contributed by atoms with E-state index in [-0.39, 0.29) is 12.5 Å². The highest BCUT2D eigenvalue weighted by Crippen LogP contribution is 2.22. The van der Waals surface area contributed by atoms with Gasteiger partial charge in [0, 0.05) is 5.56 Å². The largest absolute Gasteiger partial charge is 0.394 e. The molecular formula is C14H19NO2. The molecule has 0 spiro atoms. The normalized spacial score (nSPS) is 14.5. The molecule has 0 bridgehead atoms. The number of aliphatic hydroxyl groups is 1. The molecule has 3 nitrogen and oxygen atoms in total. The van der Waals surface area contributed by atoms with E-state index in [1.165, 1.54) is 17.5 Å². The molecule has 0 saturated carbocycles. The van der Waals surface area contributed by atoms with Crippen molar-refractivity contribution >= 4 is 5.91 Å². The first kappa shape index (κ1) is 12.1. The molecule has 2 N–H and O–H groups in total. The van der Waals surface area contributed by atoms with Gasteiger partial charge in [-0.15, -0.1) is 0 Å². The van der Waals surface area contributed by atoms with Gasteiger partial charge in [0.05, 0.1) is 12.1 Å². The van der Waals surface area contributed by atoms with Crippen LogP contribution in [0.2, 0.25) is 0 Å². The lowest BCUT2D eigenvalue weighted by Crippen LogP contribution is -2.46. The lowest BCUT2D eigenvalue weighted by Gasteiger charge is -2.23. The fraction of sp³-hybridized carbons (Fsp3) is 0.500. The van der Waals surface area contributed by atoms with Crippen molar-refractivity contribution in [2.24, 2.45) is 0 Å². The van der Waals surface area contributed by atoms with E-state index in [0.717, 1.165) is 12.8 Å². The highest BCUT2D eigenvalue weighted by Gasteiger charge is 2.21. The SMILES string of the molecule is CC(C)(CO)NC(=O)c1ccc2c(c1)CCC2. The highest BCUT2D eigenvalue weighted by molar-refractivity contribution is 5.95. The van der Waals surface area contributed by atoms with Crippen LogP contribution in [-0.2, 0) is 12.8 Å². The Morgan fingerprint density at radius 3 is 2.76 bits per heavy atom. The molecule has 1 aromatic carbocycles. The summed E-state index contributed by atoms with van der Waals surface area (Å²) in [6.07, 6.45) is 3.38. The Labute approximate surface area is 102 Å². The van der Waals surface area contributed by atoms with Gasteiger partial charge in [0.25, 0.3) is 5.91 Å². The molecule has 17 heavy (non-hydrogen) atoms. The lowest BCUT2D eigenvalue weighted by atomic mass is 10.0. The second-order valence-corrected chi connectivity index (χ2v) is 5.33. The third-order valence-electron chi connectivity index (χ3n) is 3.21. The van der Waals surface area contributed by atoms with Crippen molar-refractivity contribution in [3.63, 3.8) is 0 Å². The molecule has 3 heteroatoms. The number of benzene rings is 1. The fourth-order valence-electron chi connectivity index (χ4n) is 2.13. The molecule has 0 atom stereocenters. The van der Waals surface area contributed by atoms with Crippen molar-refractivity contribution in [3.05, 3.63) is 34.9 Å². The number of aliphatic hydroxyl groups excluding tert-OH is 1. The van der Waals surface area contributed by atoms with Crippen LogP contribution in [0.5, 0.6) is 0 Å². The predicted octanol–water partition coefficient (Wildman–Crippen LogP) is 1.68. The summed E-state index contributed by atoms with van der Waals surface area (Å²) in [4.78, 5) is 12.0. The standard InChI is InChI=1S/C14H19NO2/c1-14(2,9-16)15-13(17)12-7-6-10-4-3-5-11(10)8-12/h6-8,16H,3-5,9H2,1-2H3,(H,15,17). The van der Waals surface area contributed by atoms with Gasteiger partial charge in [0.15, 0.2) is 0 Å². The van der Waals surface area contributed by atoms with E-state index in [2.05, 4.69) is 5.32 Å². The number of rotatable bonds is 3. The van der Waals surface area contributed by atoms with Crippen molar-refractivity contribution in [1.82, 2.24) is 5.32 Å². The van der Waals surface area contributed by atoms with Crippen LogP contribution in [0.4, 0.5) is 0 Å². The number of hydrogen-bond donors (Lipinski definition) is 2. The summed E-state index contributed by atoms with van der Waals surface area (Å²) in [5, 5.41) is 12.0. The molecule has 2 rings (SSSR count). The van der Waals surface area contributed by atoms with Gasteiger partial charge >= 0.3 is 0 Å². The van der Waals surface area contributed by atoms with Gasteiger partial charge in [-0.1, -0.05) is 6.07 Å². The average molecular weight is 233 g/mol. The number of amides is 1. The summed E-state index contributed by atoms with van der Waals surface area (Å²) >= 11 is 0. The lowest BCUT2D eigenvalue weighted by molar-refractivity contribution is 0.0869. The molecule has 0 saturated heterocycles. The van der Waals surface area contributed by atoms with Crippen molar-refractivity contribution < 1.29 is 9.90 Å². The maximum absolute atomic E-state index is 12.0. The van der Waals surface area contributed by atoms with Crippen LogP contribution < -0.4 is 5.32 Å². The van der Waals surface area contributed by atoms with E-state index >= 15 is 0 Å². The number of nitrogens with one attached hydrogen (secondary N) is 1. The maximum Gasteiger partial charge on any atom is 0.251 e. The molecule has 0 aromatic heterocycles. The van der Waals surface area contributed by atoms with Gasteiger partial charge in [0.1, 0.15) is 0 Å². The molecule has 1 aliphatic rings. The Balaban J connectivity index is 2.15. The van der Waals surface area contributed by atoms with E-state index in [9.17, 15) is 4.79 Å². The van der Waals surface area contributed by atoms with Crippen molar-refractivity contribution in [3.8, 4) is 0 Å². The third kappa shape index (κ3) is 2.67. The van der Waals surface area contributed by atoms with Crippen LogP contribution in [0.3, 0.4) is 0 Å². The first-order valence-electron chi connectivity index (χ1n) is 6.07. The first-order chi connectivity index (χ1) is 8.02. The quantitative estimate of drug-likeness (QED) is 0.834. The van der Waals surface area contributed by atoms with E-state index in [0.29, 0.717) is 5.56 Å². The number of carbonyl (C=O) groups is 1. The zero-order valence-electron chi connectivity index (χ0n) is 10.4. The first-order valence-corrected chi connectivity index (χ1v) is 6.07. The molecule has 0 heterocycles. The van der Waals surface area contributed by atoms with Gasteiger partial charge in [-0.25, -0.2) is 0 Å². The predicted molar refractivity (Wildman–Crippen MR) is 67.1 cm³/mol. The molecular weight excluding hydrogens is 214 g/mol. The number of carbonyl (C=O) groups excluding carboxylic acids is 1. The van der Waals surface area contributed by atoms with Crippen LogP contribution >= 0.6 is 0 Å². The minimum atomic E-state index is -0.573. The molecule has 1 aliphatic carbocycles. The minimum absolute atomic E-state index is 0.0658. The molecule has 1 amide bonds. The minimum Gasteiger partial charge on any atom is -0.394 e. The van der Waals surface area contributed by atoms with E-state index in [1.54, 1.807) is 13.8 Å². The number of hydrogen-bond acceptors (Lipinski definition) is 2. The summed E-state index contributed by atoms with van der Waals surface area (Å²) in [5.41, 5.74) is 2.77. The van der Waals surface area contributed by atoms with Crippen molar-refractivity contribution in [1.29, 1.82) is 0 Å². The molecule has 92 valence electrons. The third-order valence-corrected chi connectivity index (χ3v) is 3.21. The van der Waals surface area contributed by atoms with Gasteiger partial charge in [-0.2, -0.15) is 0 Å². The van der Waals surface area contributed by atoms with Crippen molar-refractivity contribution in [2.75, 3.05) is 6.61 Å². The Morgan fingerprint density at radius 1 is 1.35 bits per heavy atom. The van der Waals surface area contributed by atoms with Crippen LogP contribution in [0.25, 0.3) is 0 Å². The summed E-state index contributed by atoms with van der Waals surface area (Å²) in [6.45, 7) is 3.54. The summed E-state index contributed by atoms with van der Waals surface area (Å²) in [5.74, 6) is -0.112. The van der Waals surface area contributed by atoms with Gasteiger partial charge < -0.3 is 10.4 Å². The smallest absolute Gasteiger partial charge is 0.251 e. The number of aryl methyl sites for hydroxylation is 2. The van der Waals surface area contributed by atoms with Gasteiger partial charge in [-0.3, -0.25) is 4.79 Å². The summed E-state index contributed by atoms with van der Waals surface area (Å²) < 4.78 is 0. The second kappa shape index (κ2) is 4.49. The number of fused-ring (bicyclic) bond motifs is 1. The van der Waals surface area contributed by atoms with Crippen LogP contribution in [0.1, 0.15) is 41.8 Å². The van der Waals surface area contributed by atoms with Crippen LogP contribution in [0, 0.1) is 0 Å². The molecule has 0 unspecified atom stereocenters. The Kier molecular flexibility index (Phi) is 3.20. The Morgan fingerprint density at radius 2 is 2.06 bits per heavy atom. The molecule has 0 radical (unpaired) electrons. The Bertz CT molecular complexity index is 438. The maximum atomic E-state index is 12.0. The fourth-order valence-corrected chi connectivity index (χ4v) is 2.13. The van der Waals surface area contributed by atoms with Crippen LogP contribution in [-0.4, -0.2) is 23.2 Å². The Hall–Kier alpha value is -1.35. The second-order valence-electron chi connectivity index (χ2n) is 5.33.